The zero-order valence-electron chi connectivity index (χ0n) is 9.10. The summed E-state index contributed by atoms with van der Waals surface area (Å²) >= 11 is 6.54. The molecule has 0 aromatic carbocycles. The maximum Gasteiger partial charge on any atom is 0.265 e. The number of halogens is 2. The second-order valence-corrected chi connectivity index (χ2v) is 5.37. The van der Waals surface area contributed by atoms with Crippen LogP contribution in [0, 0.1) is 11.3 Å². The van der Waals surface area contributed by atoms with Crippen LogP contribution in [-0.2, 0) is 6.54 Å². The molecule has 0 amide bonds. The van der Waals surface area contributed by atoms with Gasteiger partial charge < -0.3 is 4.57 Å². The number of hydrogen-bond donors (Lipinski definition) is 0. The van der Waals surface area contributed by atoms with Crippen LogP contribution in [0.15, 0.2) is 44.3 Å². The molecule has 0 bridgehead atoms. The third-order valence-electron chi connectivity index (χ3n) is 2.30. The zero-order chi connectivity index (χ0) is 13.1. The molecule has 0 atom stereocenters. The Morgan fingerprint density at radius 2 is 2.17 bits per heavy atom. The Labute approximate surface area is 120 Å². The van der Waals surface area contributed by atoms with E-state index in [-0.39, 0.29) is 5.56 Å². The minimum Gasteiger partial charge on any atom is -0.309 e. The van der Waals surface area contributed by atoms with Crippen molar-refractivity contribution in [2.24, 2.45) is 0 Å². The Bertz CT molecular complexity index is 688. The molecule has 2 rings (SSSR count). The molecule has 6 heteroatoms. The van der Waals surface area contributed by atoms with E-state index >= 15 is 0 Å². The van der Waals surface area contributed by atoms with Crippen LogP contribution in [0.2, 0.25) is 0 Å². The minimum absolute atomic E-state index is 0.117. The first-order valence-corrected chi connectivity index (χ1v) is 6.59. The highest BCUT2D eigenvalue weighted by Gasteiger charge is 2.04. The van der Waals surface area contributed by atoms with Crippen LogP contribution in [0.25, 0.3) is 0 Å². The standard InChI is InChI=1S/C12H7Br2N3O/c13-9-4-11(14)12(18)17(7-9)6-8-1-2-16-10(3-8)5-15/h1-4,7H,6H2. The van der Waals surface area contributed by atoms with Gasteiger partial charge in [-0.1, -0.05) is 0 Å². The summed E-state index contributed by atoms with van der Waals surface area (Å²) in [5, 5.41) is 8.77. The van der Waals surface area contributed by atoms with Gasteiger partial charge in [0.2, 0.25) is 0 Å². The van der Waals surface area contributed by atoms with Crippen LogP contribution in [0.4, 0.5) is 0 Å². The Morgan fingerprint density at radius 1 is 1.39 bits per heavy atom. The van der Waals surface area contributed by atoms with Gasteiger partial charge in [0, 0.05) is 16.9 Å². The lowest BCUT2D eigenvalue weighted by molar-refractivity contribution is 0.750. The molecule has 0 radical (unpaired) electrons. The van der Waals surface area contributed by atoms with Gasteiger partial charge in [0.1, 0.15) is 11.8 Å². The molecule has 0 saturated carbocycles. The Hall–Kier alpha value is -1.45. The van der Waals surface area contributed by atoms with Crippen LogP contribution in [-0.4, -0.2) is 9.55 Å². The molecule has 90 valence electrons. The normalized spacial score (nSPS) is 10.1. The summed E-state index contributed by atoms with van der Waals surface area (Å²) in [5.74, 6) is 0. The van der Waals surface area contributed by atoms with Gasteiger partial charge >= 0.3 is 0 Å². The summed E-state index contributed by atoms with van der Waals surface area (Å²) in [5.41, 5.74) is 1.08. The molecule has 0 aliphatic rings. The molecule has 2 aromatic rings. The maximum atomic E-state index is 11.9. The van der Waals surface area contributed by atoms with E-state index in [1.807, 2.05) is 6.07 Å². The molecule has 0 aliphatic heterocycles. The fourth-order valence-electron chi connectivity index (χ4n) is 1.51. The lowest BCUT2D eigenvalue weighted by atomic mass is 10.2. The number of hydrogen-bond acceptors (Lipinski definition) is 3. The Morgan fingerprint density at radius 3 is 2.89 bits per heavy atom. The first-order valence-electron chi connectivity index (χ1n) is 5.00. The summed E-state index contributed by atoms with van der Waals surface area (Å²) in [7, 11) is 0. The van der Waals surface area contributed by atoms with Crippen LogP contribution in [0.3, 0.4) is 0 Å². The predicted molar refractivity (Wildman–Crippen MR) is 74.2 cm³/mol. The molecular weight excluding hydrogens is 362 g/mol. The first kappa shape index (κ1) is 13.0. The molecule has 2 aromatic heterocycles. The van der Waals surface area contributed by atoms with E-state index in [4.69, 9.17) is 5.26 Å². The summed E-state index contributed by atoms with van der Waals surface area (Å²) in [6.45, 7) is 0.397. The molecule has 4 nitrogen and oxygen atoms in total. The molecule has 0 spiro atoms. The van der Waals surface area contributed by atoms with E-state index in [0.29, 0.717) is 16.7 Å². The van der Waals surface area contributed by atoms with Crippen molar-refractivity contribution in [1.82, 2.24) is 9.55 Å². The molecule has 0 N–H and O–H groups in total. The lowest BCUT2D eigenvalue weighted by Crippen LogP contribution is -2.20. The van der Waals surface area contributed by atoms with Crippen molar-refractivity contribution in [3.8, 4) is 6.07 Å². The van der Waals surface area contributed by atoms with E-state index in [1.54, 1.807) is 35.2 Å². The highest BCUT2D eigenvalue weighted by Crippen LogP contribution is 2.13. The highest BCUT2D eigenvalue weighted by molar-refractivity contribution is 9.11. The fourth-order valence-corrected chi connectivity index (χ4v) is 2.77. The van der Waals surface area contributed by atoms with Gasteiger partial charge in [-0.3, -0.25) is 4.79 Å². The van der Waals surface area contributed by atoms with Crippen LogP contribution >= 0.6 is 31.9 Å². The van der Waals surface area contributed by atoms with Crippen molar-refractivity contribution in [3.05, 3.63) is 61.1 Å². The molecular formula is C12H7Br2N3O. The Kier molecular flexibility index (Phi) is 3.94. The van der Waals surface area contributed by atoms with Gasteiger partial charge in [-0.15, -0.1) is 0 Å². The van der Waals surface area contributed by atoms with Gasteiger partial charge in [0.25, 0.3) is 5.56 Å². The van der Waals surface area contributed by atoms with Crippen molar-refractivity contribution >= 4 is 31.9 Å². The number of aromatic nitrogens is 2. The summed E-state index contributed by atoms with van der Waals surface area (Å²) in [4.78, 5) is 15.8. The smallest absolute Gasteiger partial charge is 0.265 e. The second kappa shape index (κ2) is 5.46. The van der Waals surface area contributed by atoms with E-state index in [0.717, 1.165) is 10.0 Å². The van der Waals surface area contributed by atoms with Gasteiger partial charge in [-0.25, -0.2) is 4.98 Å². The van der Waals surface area contributed by atoms with E-state index < -0.39 is 0 Å². The zero-order valence-corrected chi connectivity index (χ0v) is 12.3. The Balaban J connectivity index is 2.40. The summed E-state index contributed by atoms with van der Waals surface area (Å²) in [6.07, 6.45) is 3.27. The van der Waals surface area contributed by atoms with Gasteiger partial charge in [0.15, 0.2) is 0 Å². The highest BCUT2D eigenvalue weighted by atomic mass is 79.9. The summed E-state index contributed by atoms with van der Waals surface area (Å²) in [6, 6.07) is 7.12. The molecule has 18 heavy (non-hydrogen) atoms. The van der Waals surface area contributed by atoms with Crippen LogP contribution in [0.5, 0.6) is 0 Å². The summed E-state index contributed by atoms with van der Waals surface area (Å²) < 4.78 is 2.86. The maximum absolute atomic E-state index is 11.9. The number of rotatable bonds is 2. The van der Waals surface area contributed by atoms with Gasteiger partial charge in [0.05, 0.1) is 11.0 Å². The average molecular weight is 369 g/mol. The van der Waals surface area contributed by atoms with E-state index in [9.17, 15) is 4.79 Å². The second-order valence-electron chi connectivity index (χ2n) is 3.60. The van der Waals surface area contributed by atoms with Crippen molar-refractivity contribution in [3.63, 3.8) is 0 Å². The lowest BCUT2D eigenvalue weighted by Gasteiger charge is -2.07. The third-order valence-corrected chi connectivity index (χ3v) is 3.30. The molecule has 0 unspecified atom stereocenters. The number of nitrogens with zero attached hydrogens (tertiary/aromatic N) is 3. The minimum atomic E-state index is -0.117. The van der Waals surface area contributed by atoms with Crippen molar-refractivity contribution in [2.45, 2.75) is 6.54 Å². The average Bonchev–Trinajstić information content (AvgIpc) is 2.35. The largest absolute Gasteiger partial charge is 0.309 e. The quantitative estimate of drug-likeness (QED) is 0.818. The van der Waals surface area contributed by atoms with Crippen LogP contribution < -0.4 is 5.56 Å². The third kappa shape index (κ3) is 2.86. The monoisotopic (exact) mass is 367 g/mol. The van der Waals surface area contributed by atoms with Gasteiger partial charge in [-0.05, 0) is 55.6 Å². The van der Waals surface area contributed by atoms with E-state index in [1.165, 1.54) is 0 Å². The predicted octanol–water partition coefficient (Wildman–Crippen LogP) is 2.69. The molecule has 0 fully saturated rings. The number of nitriles is 1. The van der Waals surface area contributed by atoms with Crippen molar-refractivity contribution < 1.29 is 0 Å². The first-order chi connectivity index (χ1) is 8.60. The van der Waals surface area contributed by atoms with Crippen molar-refractivity contribution in [1.29, 1.82) is 5.26 Å². The topological polar surface area (TPSA) is 58.7 Å². The van der Waals surface area contributed by atoms with E-state index in [2.05, 4.69) is 36.8 Å². The SMILES string of the molecule is N#Cc1cc(Cn2cc(Br)cc(Br)c2=O)ccn1. The molecule has 0 aliphatic carbocycles. The molecule has 2 heterocycles. The molecule has 0 saturated heterocycles. The van der Waals surface area contributed by atoms with Crippen molar-refractivity contribution in [2.75, 3.05) is 0 Å². The number of pyridine rings is 2. The van der Waals surface area contributed by atoms with Crippen LogP contribution in [0.1, 0.15) is 11.3 Å². The fraction of sp³-hybridized carbons (Fsp3) is 0.0833. The van der Waals surface area contributed by atoms with Gasteiger partial charge in [-0.2, -0.15) is 5.26 Å².